The van der Waals surface area contributed by atoms with Crippen molar-refractivity contribution in [1.29, 1.82) is 0 Å². The molecule has 0 unspecified atom stereocenters. The van der Waals surface area contributed by atoms with Crippen LogP contribution in [0.1, 0.15) is 5.56 Å². The van der Waals surface area contributed by atoms with Gasteiger partial charge < -0.3 is 11.1 Å². The third-order valence-corrected chi connectivity index (χ3v) is 5.08. The summed E-state index contributed by atoms with van der Waals surface area (Å²) in [5.41, 5.74) is 6.77. The lowest BCUT2D eigenvalue weighted by Crippen LogP contribution is -2.20. The van der Waals surface area contributed by atoms with E-state index in [1.807, 2.05) is 25.1 Å². The predicted molar refractivity (Wildman–Crippen MR) is 97.9 cm³/mol. The van der Waals surface area contributed by atoms with Crippen LogP contribution in [0.5, 0.6) is 0 Å². The van der Waals surface area contributed by atoms with Gasteiger partial charge in [-0.1, -0.05) is 48.2 Å². The minimum Gasteiger partial charge on any atom is -0.361 e. The SMILES string of the molecule is Cc1ccccc1N/C(CSC(N)=O)=N/S(=O)(=O)c1ccccc1. The number of amidine groups is 1. The molecule has 0 aromatic heterocycles. The van der Waals surface area contributed by atoms with Crippen molar-refractivity contribution >= 4 is 38.5 Å². The lowest BCUT2D eigenvalue weighted by Gasteiger charge is -2.11. The molecule has 0 bridgehead atoms. The van der Waals surface area contributed by atoms with Crippen molar-refractivity contribution in [3.63, 3.8) is 0 Å². The van der Waals surface area contributed by atoms with Crippen molar-refractivity contribution in [1.82, 2.24) is 0 Å². The fourth-order valence-corrected chi connectivity index (χ4v) is 3.39. The van der Waals surface area contributed by atoms with Crippen LogP contribution < -0.4 is 11.1 Å². The highest BCUT2D eigenvalue weighted by Crippen LogP contribution is 2.17. The number of nitrogens with one attached hydrogen (secondary N) is 1. The Morgan fingerprint density at radius 2 is 1.75 bits per heavy atom. The van der Waals surface area contributed by atoms with E-state index >= 15 is 0 Å². The van der Waals surface area contributed by atoms with E-state index in [0.29, 0.717) is 5.69 Å². The third kappa shape index (κ3) is 5.10. The van der Waals surface area contributed by atoms with Crippen LogP contribution in [0, 0.1) is 6.92 Å². The van der Waals surface area contributed by atoms with E-state index in [2.05, 4.69) is 9.71 Å². The van der Waals surface area contributed by atoms with Crippen molar-refractivity contribution in [3.05, 3.63) is 60.2 Å². The number of aryl methyl sites for hydroxylation is 1. The average Bonchev–Trinajstić information content (AvgIpc) is 2.55. The van der Waals surface area contributed by atoms with Crippen molar-refractivity contribution < 1.29 is 13.2 Å². The number of benzene rings is 2. The number of anilines is 1. The van der Waals surface area contributed by atoms with Crippen LogP contribution in [0.2, 0.25) is 0 Å². The predicted octanol–water partition coefficient (Wildman–Crippen LogP) is 3.01. The Balaban J connectivity index is 2.35. The number of sulfonamides is 1. The Kier molecular flexibility index (Phi) is 5.99. The number of nitrogens with two attached hydrogens (primary N) is 1. The topological polar surface area (TPSA) is 102 Å². The molecule has 0 spiro atoms. The highest BCUT2D eigenvalue weighted by atomic mass is 32.2. The number of para-hydroxylation sites is 1. The van der Waals surface area contributed by atoms with Gasteiger partial charge in [-0.05, 0) is 30.7 Å². The Labute approximate surface area is 145 Å². The average molecular weight is 363 g/mol. The maximum Gasteiger partial charge on any atom is 0.283 e. The van der Waals surface area contributed by atoms with Crippen LogP contribution in [0.3, 0.4) is 0 Å². The molecule has 0 radical (unpaired) electrons. The fraction of sp³-hybridized carbons (Fsp3) is 0.125. The van der Waals surface area contributed by atoms with Gasteiger partial charge in [0.15, 0.2) is 0 Å². The summed E-state index contributed by atoms with van der Waals surface area (Å²) in [4.78, 5) is 11.1. The van der Waals surface area contributed by atoms with Crippen LogP contribution in [0.15, 0.2) is 63.9 Å². The smallest absolute Gasteiger partial charge is 0.283 e. The van der Waals surface area contributed by atoms with Crippen LogP contribution in [0.25, 0.3) is 0 Å². The summed E-state index contributed by atoms with van der Waals surface area (Å²) in [6, 6.07) is 15.3. The molecule has 0 saturated carbocycles. The van der Waals surface area contributed by atoms with Gasteiger partial charge in [-0.3, -0.25) is 4.79 Å². The summed E-state index contributed by atoms with van der Waals surface area (Å²) in [5.74, 6) is 0.160. The number of primary amides is 1. The molecule has 2 aromatic rings. The van der Waals surface area contributed by atoms with E-state index in [-0.39, 0.29) is 16.5 Å². The molecule has 6 nitrogen and oxygen atoms in total. The molecule has 2 rings (SSSR count). The first-order chi connectivity index (χ1) is 11.4. The molecule has 0 fully saturated rings. The molecular weight excluding hydrogens is 346 g/mol. The van der Waals surface area contributed by atoms with Crippen LogP contribution in [-0.2, 0) is 10.0 Å². The van der Waals surface area contributed by atoms with Gasteiger partial charge in [-0.25, -0.2) is 0 Å². The van der Waals surface area contributed by atoms with E-state index in [1.54, 1.807) is 24.3 Å². The Bertz CT molecular complexity index is 850. The van der Waals surface area contributed by atoms with Gasteiger partial charge in [-0.2, -0.15) is 8.42 Å². The van der Waals surface area contributed by atoms with Crippen molar-refractivity contribution in [2.75, 3.05) is 11.1 Å². The summed E-state index contributed by atoms with van der Waals surface area (Å²) in [7, 11) is -3.88. The Hall–Kier alpha value is -2.32. The van der Waals surface area contributed by atoms with Gasteiger partial charge in [0, 0.05) is 5.69 Å². The number of carbonyl (C=O) groups is 1. The highest BCUT2D eigenvalue weighted by Gasteiger charge is 2.15. The van der Waals surface area contributed by atoms with Crippen molar-refractivity contribution in [2.45, 2.75) is 11.8 Å². The van der Waals surface area contributed by atoms with Gasteiger partial charge in [0.1, 0.15) is 5.84 Å². The zero-order chi connectivity index (χ0) is 17.6. The quantitative estimate of drug-likeness (QED) is 0.628. The Morgan fingerprint density at radius 3 is 2.38 bits per heavy atom. The molecule has 0 aliphatic carbocycles. The fourth-order valence-electron chi connectivity index (χ4n) is 1.88. The normalized spacial score (nSPS) is 12.0. The number of rotatable bonds is 5. The minimum atomic E-state index is -3.88. The number of carbonyl (C=O) groups excluding carboxylic acids is 1. The van der Waals surface area contributed by atoms with E-state index < -0.39 is 15.3 Å². The maximum atomic E-state index is 12.4. The van der Waals surface area contributed by atoms with Crippen LogP contribution >= 0.6 is 11.8 Å². The number of thioether (sulfide) groups is 1. The molecule has 3 N–H and O–H groups in total. The first kappa shape index (κ1) is 18.0. The van der Waals surface area contributed by atoms with E-state index in [0.717, 1.165) is 17.3 Å². The van der Waals surface area contributed by atoms with Gasteiger partial charge in [-0.15, -0.1) is 4.40 Å². The zero-order valence-corrected chi connectivity index (χ0v) is 14.6. The summed E-state index contributed by atoms with van der Waals surface area (Å²) >= 11 is 0.782. The van der Waals surface area contributed by atoms with E-state index in [9.17, 15) is 13.2 Å². The van der Waals surface area contributed by atoms with Crippen LogP contribution in [0.4, 0.5) is 10.5 Å². The number of amides is 1. The zero-order valence-electron chi connectivity index (χ0n) is 13.0. The largest absolute Gasteiger partial charge is 0.361 e. The number of hydrogen-bond donors (Lipinski definition) is 2. The molecule has 0 saturated heterocycles. The molecular formula is C16H17N3O3S2. The maximum absolute atomic E-state index is 12.4. The molecule has 0 heterocycles. The van der Waals surface area contributed by atoms with Gasteiger partial charge in [0.05, 0.1) is 10.6 Å². The summed E-state index contributed by atoms with van der Waals surface area (Å²) in [6.45, 7) is 1.88. The monoisotopic (exact) mass is 363 g/mol. The molecule has 1 amide bonds. The molecule has 0 atom stereocenters. The van der Waals surface area contributed by atoms with Crippen molar-refractivity contribution in [2.24, 2.45) is 10.1 Å². The summed E-state index contributed by atoms with van der Waals surface area (Å²) in [6.07, 6.45) is 0. The van der Waals surface area contributed by atoms with Gasteiger partial charge in [0.2, 0.25) is 0 Å². The first-order valence-electron chi connectivity index (χ1n) is 7.02. The highest BCUT2D eigenvalue weighted by molar-refractivity contribution is 8.14. The first-order valence-corrected chi connectivity index (χ1v) is 9.45. The lowest BCUT2D eigenvalue weighted by molar-refractivity contribution is 0.267. The second kappa shape index (κ2) is 7.98. The number of hydrogen-bond acceptors (Lipinski definition) is 4. The van der Waals surface area contributed by atoms with E-state index in [4.69, 9.17) is 5.73 Å². The summed E-state index contributed by atoms with van der Waals surface area (Å²) in [5, 5.41) is 2.37. The standard InChI is InChI=1S/C16H17N3O3S2/c1-12-7-5-6-10-14(12)18-15(11-23-16(17)20)19-24(21,22)13-8-3-2-4-9-13/h2-10H,11H2,1H3,(H2,17,20)(H,18,19). The molecule has 126 valence electrons. The van der Waals surface area contributed by atoms with E-state index in [1.165, 1.54) is 12.1 Å². The molecule has 24 heavy (non-hydrogen) atoms. The van der Waals surface area contributed by atoms with Crippen LogP contribution in [-0.4, -0.2) is 25.2 Å². The second-order valence-electron chi connectivity index (χ2n) is 4.87. The minimum absolute atomic E-state index is 0.0235. The summed E-state index contributed by atoms with van der Waals surface area (Å²) < 4.78 is 28.7. The second-order valence-corrected chi connectivity index (χ2v) is 7.46. The lowest BCUT2D eigenvalue weighted by atomic mass is 10.2. The molecule has 0 aliphatic rings. The van der Waals surface area contributed by atoms with Gasteiger partial charge in [0.25, 0.3) is 15.3 Å². The Morgan fingerprint density at radius 1 is 1.12 bits per heavy atom. The molecule has 8 heteroatoms. The molecule has 2 aromatic carbocycles. The molecule has 0 aliphatic heterocycles. The number of nitrogens with zero attached hydrogens (tertiary/aromatic N) is 1. The van der Waals surface area contributed by atoms with Gasteiger partial charge >= 0.3 is 0 Å². The third-order valence-electron chi connectivity index (χ3n) is 3.05. The van der Waals surface area contributed by atoms with Crippen molar-refractivity contribution in [3.8, 4) is 0 Å².